The highest BCUT2D eigenvalue weighted by Gasteiger charge is 2.15. The number of nitrogens with one attached hydrogen (secondary N) is 1. The minimum absolute atomic E-state index is 0.337. The number of hydrogen-bond acceptors (Lipinski definition) is 6. The number of hydrogen-bond donors (Lipinski definition) is 1. The molecule has 3 rings (SSSR count). The van der Waals surface area contributed by atoms with Crippen LogP contribution in [0.2, 0.25) is 0 Å². The fraction of sp³-hybridized carbons (Fsp3) is 0.318. The van der Waals surface area contributed by atoms with Gasteiger partial charge in [-0.05, 0) is 55.9 Å². The van der Waals surface area contributed by atoms with E-state index in [-0.39, 0.29) is 0 Å². The molecule has 0 aliphatic rings. The maximum Gasteiger partial charge on any atom is 0.130 e. The first-order valence-electron chi connectivity index (χ1n) is 9.27. The zero-order valence-electron chi connectivity index (χ0n) is 16.6. The third-order valence-corrected chi connectivity index (χ3v) is 5.49. The number of rotatable bonds is 10. The second-order valence-electron chi connectivity index (χ2n) is 6.71. The molecule has 0 amide bonds. The Kier molecular flexibility index (Phi) is 7.42. The number of aromatic nitrogens is 1. The molecule has 0 fully saturated rings. The van der Waals surface area contributed by atoms with Crippen LogP contribution in [-0.2, 0) is 13.2 Å². The van der Waals surface area contributed by atoms with Crippen LogP contribution >= 0.6 is 11.3 Å². The summed E-state index contributed by atoms with van der Waals surface area (Å²) in [5.41, 5.74) is 1.97. The van der Waals surface area contributed by atoms with Crippen molar-refractivity contribution in [2.45, 2.75) is 19.2 Å². The topological polar surface area (TPSA) is 46.6 Å². The second kappa shape index (κ2) is 10.2. The molecule has 3 aromatic rings. The Morgan fingerprint density at radius 3 is 2.71 bits per heavy atom. The number of thiophene rings is 1. The molecule has 1 aromatic carbocycles. The number of nitrogens with zero attached hydrogens (tertiary/aromatic N) is 2. The minimum Gasteiger partial charge on any atom is -0.497 e. The van der Waals surface area contributed by atoms with Crippen molar-refractivity contribution in [2.75, 3.05) is 27.7 Å². The molecule has 0 saturated carbocycles. The summed E-state index contributed by atoms with van der Waals surface area (Å²) in [4.78, 5) is 7.92. The van der Waals surface area contributed by atoms with Gasteiger partial charge >= 0.3 is 0 Å². The number of ether oxygens (including phenoxy) is 2. The summed E-state index contributed by atoms with van der Waals surface area (Å²) in [7, 11) is 5.90. The highest BCUT2D eigenvalue weighted by Crippen LogP contribution is 2.26. The molecule has 1 N–H and O–H groups in total. The standard InChI is InChI=1S/C22H27N3O2S/c1-25(2)20(22-8-6-12-28-22)15-23-14-17-13-19(26-3)9-10-21(17)27-16-18-7-4-5-11-24-18/h4-13,20,23H,14-16H2,1-3H3. The molecular weight excluding hydrogens is 370 g/mol. The number of likely N-dealkylation sites (N-methyl/N-ethyl adjacent to an activating group) is 1. The van der Waals surface area contributed by atoms with Crippen LogP contribution < -0.4 is 14.8 Å². The molecule has 2 aromatic heterocycles. The molecule has 5 nitrogen and oxygen atoms in total. The molecule has 0 spiro atoms. The van der Waals surface area contributed by atoms with Gasteiger partial charge in [0.15, 0.2) is 0 Å². The van der Waals surface area contributed by atoms with Crippen molar-refractivity contribution in [1.29, 1.82) is 0 Å². The fourth-order valence-electron chi connectivity index (χ4n) is 2.96. The summed E-state index contributed by atoms with van der Waals surface area (Å²) < 4.78 is 11.4. The predicted octanol–water partition coefficient (Wildman–Crippen LogP) is 4.12. The zero-order valence-corrected chi connectivity index (χ0v) is 17.4. The van der Waals surface area contributed by atoms with Gasteiger partial charge in [-0.1, -0.05) is 12.1 Å². The quantitative estimate of drug-likeness (QED) is 0.558. The molecule has 0 bridgehead atoms. The van der Waals surface area contributed by atoms with E-state index in [0.29, 0.717) is 19.2 Å². The van der Waals surface area contributed by atoms with Crippen molar-refractivity contribution in [3.05, 3.63) is 76.2 Å². The van der Waals surface area contributed by atoms with E-state index in [1.165, 1.54) is 4.88 Å². The molecule has 2 heterocycles. The van der Waals surface area contributed by atoms with Gasteiger partial charge in [0, 0.05) is 29.7 Å². The summed E-state index contributed by atoms with van der Waals surface area (Å²) in [5.74, 6) is 1.67. The van der Waals surface area contributed by atoms with Crippen molar-refractivity contribution >= 4 is 11.3 Å². The van der Waals surface area contributed by atoms with Crippen LogP contribution in [0.5, 0.6) is 11.5 Å². The predicted molar refractivity (Wildman–Crippen MR) is 114 cm³/mol. The second-order valence-corrected chi connectivity index (χ2v) is 7.69. The Bertz CT molecular complexity index is 838. The van der Waals surface area contributed by atoms with Gasteiger partial charge in [-0.2, -0.15) is 0 Å². The third-order valence-electron chi connectivity index (χ3n) is 4.52. The van der Waals surface area contributed by atoms with Gasteiger partial charge in [-0.3, -0.25) is 4.98 Å². The summed E-state index contributed by atoms with van der Waals surface area (Å²) in [6, 6.07) is 16.4. The molecule has 1 atom stereocenters. The van der Waals surface area contributed by atoms with E-state index in [9.17, 15) is 0 Å². The summed E-state index contributed by atoms with van der Waals surface area (Å²) >= 11 is 1.79. The molecule has 0 aliphatic heterocycles. The van der Waals surface area contributed by atoms with Crippen molar-refractivity contribution in [3.8, 4) is 11.5 Å². The Labute approximate surface area is 170 Å². The highest BCUT2D eigenvalue weighted by atomic mass is 32.1. The summed E-state index contributed by atoms with van der Waals surface area (Å²) in [6.45, 7) is 1.99. The smallest absolute Gasteiger partial charge is 0.130 e. The van der Waals surface area contributed by atoms with Crippen LogP contribution in [0.25, 0.3) is 0 Å². The van der Waals surface area contributed by atoms with Crippen molar-refractivity contribution in [1.82, 2.24) is 15.2 Å². The normalized spacial score (nSPS) is 12.1. The SMILES string of the molecule is COc1ccc(OCc2ccccn2)c(CNCC(c2cccs2)N(C)C)c1. The first kappa shape index (κ1) is 20.3. The van der Waals surface area contributed by atoms with E-state index in [4.69, 9.17) is 9.47 Å². The Hall–Kier alpha value is -2.41. The molecule has 1 unspecified atom stereocenters. The van der Waals surface area contributed by atoms with Crippen LogP contribution in [0.3, 0.4) is 0 Å². The molecule has 148 valence electrons. The van der Waals surface area contributed by atoms with E-state index < -0.39 is 0 Å². The van der Waals surface area contributed by atoms with Gasteiger partial charge in [0.25, 0.3) is 0 Å². The van der Waals surface area contributed by atoms with Gasteiger partial charge in [0.05, 0.1) is 18.8 Å². The summed E-state index contributed by atoms with van der Waals surface area (Å²) in [5, 5.41) is 5.70. The Morgan fingerprint density at radius 2 is 2.04 bits per heavy atom. The first-order chi connectivity index (χ1) is 13.7. The van der Waals surface area contributed by atoms with Crippen LogP contribution in [0, 0.1) is 0 Å². The molecule has 6 heteroatoms. The van der Waals surface area contributed by atoms with Crippen molar-refractivity contribution in [3.63, 3.8) is 0 Å². The van der Waals surface area contributed by atoms with Crippen LogP contribution in [0.4, 0.5) is 0 Å². The Morgan fingerprint density at radius 1 is 1.14 bits per heavy atom. The van der Waals surface area contributed by atoms with Gasteiger partial charge in [0.2, 0.25) is 0 Å². The van der Waals surface area contributed by atoms with E-state index in [1.54, 1.807) is 24.6 Å². The lowest BCUT2D eigenvalue weighted by molar-refractivity contribution is 0.286. The largest absolute Gasteiger partial charge is 0.497 e. The zero-order chi connectivity index (χ0) is 19.8. The molecule has 28 heavy (non-hydrogen) atoms. The van der Waals surface area contributed by atoms with Gasteiger partial charge in [-0.25, -0.2) is 0 Å². The fourth-order valence-corrected chi connectivity index (χ4v) is 3.88. The van der Waals surface area contributed by atoms with Crippen LogP contribution in [0.1, 0.15) is 22.2 Å². The first-order valence-corrected chi connectivity index (χ1v) is 10.2. The number of methoxy groups -OCH3 is 1. The third kappa shape index (κ3) is 5.55. The van der Waals surface area contributed by atoms with Crippen LogP contribution in [-0.4, -0.2) is 37.6 Å². The molecular formula is C22H27N3O2S. The Balaban J connectivity index is 1.65. The molecule has 0 saturated heterocycles. The van der Waals surface area contributed by atoms with E-state index in [1.807, 2.05) is 36.4 Å². The number of pyridine rings is 1. The van der Waals surface area contributed by atoms with Gasteiger partial charge in [0.1, 0.15) is 18.1 Å². The van der Waals surface area contributed by atoms with Crippen molar-refractivity contribution in [2.24, 2.45) is 0 Å². The van der Waals surface area contributed by atoms with E-state index in [0.717, 1.165) is 29.3 Å². The highest BCUT2D eigenvalue weighted by molar-refractivity contribution is 7.10. The maximum absolute atomic E-state index is 6.03. The average molecular weight is 398 g/mol. The minimum atomic E-state index is 0.337. The lowest BCUT2D eigenvalue weighted by atomic mass is 10.1. The molecule has 0 aliphatic carbocycles. The lowest BCUT2D eigenvalue weighted by Gasteiger charge is -2.24. The van der Waals surface area contributed by atoms with E-state index >= 15 is 0 Å². The lowest BCUT2D eigenvalue weighted by Crippen LogP contribution is -2.30. The molecule has 0 radical (unpaired) electrons. The average Bonchev–Trinajstić information content (AvgIpc) is 3.24. The summed E-state index contributed by atoms with van der Waals surface area (Å²) in [6.07, 6.45) is 1.78. The maximum atomic E-state index is 6.03. The van der Waals surface area contributed by atoms with Crippen molar-refractivity contribution < 1.29 is 9.47 Å². The van der Waals surface area contributed by atoms with Gasteiger partial charge in [-0.15, -0.1) is 11.3 Å². The van der Waals surface area contributed by atoms with Crippen LogP contribution in [0.15, 0.2) is 60.1 Å². The van der Waals surface area contributed by atoms with Gasteiger partial charge < -0.3 is 19.7 Å². The van der Waals surface area contributed by atoms with E-state index in [2.05, 4.69) is 46.8 Å². The monoisotopic (exact) mass is 397 g/mol. The number of benzene rings is 1.